The van der Waals surface area contributed by atoms with Crippen LogP contribution in [0.15, 0.2) is 0 Å². The molecule has 16 heavy (non-hydrogen) atoms. The lowest BCUT2D eigenvalue weighted by molar-refractivity contribution is -0.138. The minimum atomic E-state index is -0.515. The molecular formula is C13H24N2O. The van der Waals surface area contributed by atoms with Crippen LogP contribution in [-0.4, -0.2) is 29.4 Å². The number of amides is 1. The number of nitrogens with two attached hydrogens (primary N) is 1. The molecule has 0 aromatic heterocycles. The molecule has 92 valence electrons. The number of carbonyl (C=O) groups excluding carboxylic acids is 1. The quantitative estimate of drug-likeness (QED) is 0.778. The van der Waals surface area contributed by atoms with Gasteiger partial charge in [-0.25, -0.2) is 0 Å². The molecule has 1 aliphatic heterocycles. The van der Waals surface area contributed by atoms with Crippen LogP contribution >= 0.6 is 0 Å². The fourth-order valence-corrected chi connectivity index (χ4v) is 3.08. The number of hydrogen-bond acceptors (Lipinski definition) is 2. The van der Waals surface area contributed by atoms with Gasteiger partial charge in [-0.05, 0) is 31.6 Å². The van der Waals surface area contributed by atoms with E-state index in [9.17, 15) is 4.79 Å². The van der Waals surface area contributed by atoms with Gasteiger partial charge in [0.25, 0.3) is 0 Å². The van der Waals surface area contributed by atoms with Crippen molar-refractivity contribution in [3.63, 3.8) is 0 Å². The fraction of sp³-hybridized carbons (Fsp3) is 0.923. The minimum absolute atomic E-state index is 0.222. The van der Waals surface area contributed by atoms with E-state index in [4.69, 9.17) is 5.73 Å². The zero-order chi connectivity index (χ0) is 11.6. The van der Waals surface area contributed by atoms with Crippen molar-refractivity contribution in [2.45, 2.75) is 57.4 Å². The summed E-state index contributed by atoms with van der Waals surface area (Å²) < 4.78 is 0. The van der Waals surface area contributed by atoms with Crippen molar-refractivity contribution < 1.29 is 4.79 Å². The summed E-state index contributed by atoms with van der Waals surface area (Å²) in [7, 11) is 0. The van der Waals surface area contributed by atoms with Crippen LogP contribution in [-0.2, 0) is 4.79 Å². The van der Waals surface area contributed by atoms with Gasteiger partial charge in [0, 0.05) is 13.1 Å². The zero-order valence-corrected chi connectivity index (χ0v) is 10.4. The predicted octanol–water partition coefficient (Wildman–Crippen LogP) is 1.91. The molecule has 3 nitrogen and oxygen atoms in total. The monoisotopic (exact) mass is 224 g/mol. The summed E-state index contributed by atoms with van der Waals surface area (Å²) in [5.41, 5.74) is 5.69. The van der Waals surface area contributed by atoms with Crippen LogP contribution in [0, 0.1) is 5.92 Å². The average molecular weight is 224 g/mol. The Morgan fingerprint density at radius 1 is 1.31 bits per heavy atom. The summed E-state index contributed by atoms with van der Waals surface area (Å²) in [4.78, 5) is 14.3. The smallest absolute Gasteiger partial charge is 0.242 e. The summed E-state index contributed by atoms with van der Waals surface area (Å²) in [6.45, 7) is 4.09. The Labute approximate surface area is 98.4 Å². The maximum absolute atomic E-state index is 12.3. The van der Waals surface area contributed by atoms with Crippen molar-refractivity contribution in [1.29, 1.82) is 0 Å². The number of nitrogens with zero attached hydrogens (tertiary/aromatic N) is 1. The Morgan fingerprint density at radius 2 is 1.88 bits per heavy atom. The molecule has 0 aromatic carbocycles. The predicted molar refractivity (Wildman–Crippen MR) is 65.0 cm³/mol. The van der Waals surface area contributed by atoms with Gasteiger partial charge in [0.05, 0.1) is 5.54 Å². The van der Waals surface area contributed by atoms with Gasteiger partial charge in [-0.1, -0.05) is 26.2 Å². The molecule has 0 radical (unpaired) electrons. The first-order chi connectivity index (χ1) is 7.65. The summed E-state index contributed by atoms with van der Waals surface area (Å²) in [6, 6.07) is 0. The van der Waals surface area contributed by atoms with Crippen molar-refractivity contribution in [2.75, 3.05) is 13.1 Å². The molecule has 2 aliphatic rings. The van der Waals surface area contributed by atoms with Crippen molar-refractivity contribution in [3.05, 3.63) is 0 Å². The average Bonchev–Trinajstić information content (AvgIpc) is 2.77. The lowest BCUT2D eigenvalue weighted by Gasteiger charge is -2.36. The number of piperidine rings is 1. The van der Waals surface area contributed by atoms with E-state index in [0.717, 1.165) is 44.7 Å². The topological polar surface area (TPSA) is 46.3 Å². The molecule has 3 heteroatoms. The largest absolute Gasteiger partial charge is 0.341 e. The van der Waals surface area contributed by atoms with Gasteiger partial charge >= 0.3 is 0 Å². The molecule has 1 aliphatic carbocycles. The molecule has 0 atom stereocenters. The highest BCUT2D eigenvalue weighted by Crippen LogP contribution is 2.30. The molecule has 0 spiro atoms. The summed E-state index contributed by atoms with van der Waals surface area (Å²) in [5.74, 6) is 1.04. The van der Waals surface area contributed by atoms with E-state index in [0.29, 0.717) is 0 Å². The van der Waals surface area contributed by atoms with Gasteiger partial charge in [0.1, 0.15) is 0 Å². The van der Waals surface area contributed by atoms with E-state index >= 15 is 0 Å². The van der Waals surface area contributed by atoms with Gasteiger partial charge in [0.15, 0.2) is 0 Å². The van der Waals surface area contributed by atoms with Gasteiger partial charge in [-0.3, -0.25) is 4.79 Å². The van der Waals surface area contributed by atoms with Crippen LogP contribution in [0.2, 0.25) is 0 Å². The maximum Gasteiger partial charge on any atom is 0.242 e. The normalized spacial score (nSPS) is 26.0. The number of rotatable bonds is 2. The van der Waals surface area contributed by atoms with Gasteiger partial charge in [0.2, 0.25) is 5.91 Å². The van der Waals surface area contributed by atoms with E-state index < -0.39 is 5.54 Å². The molecule has 2 rings (SSSR count). The highest BCUT2D eigenvalue weighted by Gasteiger charge is 2.40. The van der Waals surface area contributed by atoms with Crippen LogP contribution in [0.3, 0.4) is 0 Å². The second-order valence-corrected chi connectivity index (χ2v) is 5.51. The van der Waals surface area contributed by atoms with Crippen LogP contribution in [0.4, 0.5) is 0 Å². The minimum Gasteiger partial charge on any atom is -0.341 e. The lowest BCUT2D eigenvalue weighted by Crippen LogP contribution is -2.55. The van der Waals surface area contributed by atoms with E-state index in [1.165, 1.54) is 19.3 Å². The molecule has 0 unspecified atom stereocenters. The first kappa shape index (κ1) is 11.9. The Kier molecular flexibility index (Phi) is 3.53. The molecule has 1 saturated heterocycles. The Balaban J connectivity index is 1.91. The van der Waals surface area contributed by atoms with Crippen molar-refractivity contribution >= 4 is 5.91 Å². The Bertz CT molecular complexity index is 251. The molecule has 1 saturated carbocycles. The molecule has 0 aromatic rings. The standard InChI is InChI=1S/C13H24N2O/c1-2-11-5-9-15(10-6-11)12(16)13(14)7-3-4-8-13/h11H,2-10,14H2,1H3. The SMILES string of the molecule is CCC1CCN(C(=O)C2(N)CCCC2)CC1. The second kappa shape index (κ2) is 4.74. The molecule has 0 bridgehead atoms. The second-order valence-electron chi connectivity index (χ2n) is 5.51. The van der Waals surface area contributed by atoms with E-state index in [1.807, 2.05) is 4.90 Å². The van der Waals surface area contributed by atoms with Crippen molar-refractivity contribution in [3.8, 4) is 0 Å². The van der Waals surface area contributed by atoms with Gasteiger partial charge in [-0.2, -0.15) is 0 Å². The van der Waals surface area contributed by atoms with Crippen molar-refractivity contribution in [1.82, 2.24) is 4.90 Å². The van der Waals surface area contributed by atoms with E-state index in [-0.39, 0.29) is 5.91 Å². The number of carbonyl (C=O) groups is 1. The van der Waals surface area contributed by atoms with Gasteiger partial charge in [-0.15, -0.1) is 0 Å². The third-order valence-electron chi connectivity index (χ3n) is 4.40. The third-order valence-corrected chi connectivity index (χ3v) is 4.40. The lowest BCUT2D eigenvalue weighted by atomic mass is 9.91. The summed E-state index contributed by atoms with van der Waals surface area (Å²) in [5, 5.41) is 0. The highest BCUT2D eigenvalue weighted by molar-refractivity contribution is 5.86. The van der Waals surface area contributed by atoms with Crippen LogP contribution in [0.5, 0.6) is 0 Å². The fourth-order valence-electron chi connectivity index (χ4n) is 3.08. The van der Waals surface area contributed by atoms with Crippen LogP contribution in [0.1, 0.15) is 51.9 Å². The summed E-state index contributed by atoms with van der Waals surface area (Å²) in [6.07, 6.45) is 7.59. The third kappa shape index (κ3) is 2.24. The molecular weight excluding hydrogens is 200 g/mol. The molecule has 2 N–H and O–H groups in total. The van der Waals surface area contributed by atoms with E-state index in [2.05, 4.69) is 6.92 Å². The van der Waals surface area contributed by atoms with Crippen molar-refractivity contribution in [2.24, 2.45) is 11.7 Å². The Morgan fingerprint density at radius 3 is 2.38 bits per heavy atom. The van der Waals surface area contributed by atoms with Crippen LogP contribution in [0.25, 0.3) is 0 Å². The highest BCUT2D eigenvalue weighted by atomic mass is 16.2. The Hall–Kier alpha value is -0.570. The number of likely N-dealkylation sites (tertiary alicyclic amines) is 1. The first-order valence-electron chi connectivity index (χ1n) is 6.74. The molecule has 1 amide bonds. The van der Waals surface area contributed by atoms with Gasteiger partial charge < -0.3 is 10.6 Å². The summed E-state index contributed by atoms with van der Waals surface area (Å²) >= 11 is 0. The van der Waals surface area contributed by atoms with Crippen LogP contribution < -0.4 is 5.73 Å². The first-order valence-corrected chi connectivity index (χ1v) is 6.74. The maximum atomic E-state index is 12.3. The zero-order valence-electron chi connectivity index (χ0n) is 10.4. The molecule has 2 fully saturated rings. The van der Waals surface area contributed by atoms with E-state index in [1.54, 1.807) is 0 Å². The number of hydrogen-bond donors (Lipinski definition) is 1. The molecule has 1 heterocycles.